The molecule has 0 aliphatic heterocycles. The topological polar surface area (TPSA) is 97.5 Å². The molecule has 0 fully saturated rings. The maximum Gasteiger partial charge on any atom is 0.335 e. The van der Waals surface area contributed by atoms with Crippen molar-refractivity contribution in [3.05, 3.63) is 114 Å². The second kappa shape index (κ2) is 10.3. The summed E-state index contributed by atoms with van der Waals surface area (Å²) >= 11 is 4.55. The predicted molar refractivity (Wildman–Crippen MR) is 124 cm³/mol. The van der Waals surface area contributed by atoms with Gasteiger partial charge in [0.05, 0.1) is 21.5 Å². The van der Waals surface area contributed by atoms with Crippen molar-refractivity contribution in [2.24, 2.45) is 0 Å². The summed E-state index contributed by atoms with van der Waals surface area (Å²) in [6, 6.07) is 16.1. The molecule has 0 aliphatic rings. The number of carboxylic acids is 1. The molecule has 0 saturated carbocycles. The first-order chi connectivity index (χ1) is 15.2. The van der Waals surface area contributed by atoms with Crippen LogP contribution in [0.4, 0.5) is 10.1 Å². The van der Waals surface area contributed by atoms with Crippen LogP contribution in [-0.2, 0) is 5.75 Å². The summed E-state index contributed by atoms with van der Waals surface area (Å²) in [5, 5.41) is 19.9. The van der Waals surface area contributed by atoms with Crippen molar-refractivity contribution < 1.29 is 24.0 Å². The first kappa shape index (κ1) is 23.4. The standard InChI is InChI=1S/C23H15BrFNO5S/c24-18-8-1-14(2-9-18)13-32-21(11-17-7-10-19(26(30)31)12-20(17)25)22(27)15-3-5-16(6-4-15)23(28)29/h1-12H,13H2,(H,28,29)/b21-11+. The van der Waals surface area contributed by atoms with Crippen molar-refractivity contribution in [3.63, 3.8) is 0 Å². The lowest BCUT2D eigenvalue weighted by Crippen LogP contribution is -2.03. The minimum atomic E-state index is -1.11. The number of hydrogen-bond donors (Lipinski definition) is 1. The number of nitrogens with zero attached hydrogens (tertiary/aromatic N) is 1. The number of aromatic carboxylic acids is 1. The highest BCUT2D eigenvalue weighted by atomic mass is 79.9. The van der Waals surface area contributed by atoms with Crippen LogP contribution in [0.25, 0.3) is 6.08 Å². The third-order valence-electron chi connectivity index (χ3n) is 4.41. The zero-order valence-electron chi connectivity index (χ0n) is 16.3. The van der Waals surface area contributed by atoms with E-state index in [0.29, 0.717) is 5.75 Å². The molecule has 0 saturated heterocycles. The molecule has 0 unspecified atom stereocenters. The van der Waals surface area contributed by atoms with E-state index in [2.05, 4.69) is 15.9 Å². The molecule has 0 atom stereocenters. The number of ketones is 1. The van der Waals surface area contributed by atoms with Gasteiger partial charge >= 0.3 is 5.97 Å². The lowest BCUT2D eigenvalue weighted by Gasteiger charge is -2.09. The molecule has 0 radical (unpaired) electrons. The number of carbonyl (C=O) groups excluding carboxylic acids is 1. The highest BCUT2D eigenvalue weighted by Gasteiger charge is 2.17. The zero-order chi connectivity index (χ0) is 23.3. The third kappa shape index (κ3) is 5.89. The zero-order valence-corrected chi connectivity index (χ0v) is 18.7. The van der Waals surface area contributed by atoms with Gasteiger partial charge in [0.25, 0.3) is 5.69 Å². The molecule has 9 heteroatoms. The number of non-ortho nitro benzene ring substituents is 1. The molecule has 3 rings (SSSR count). The molecule has 3 aromatic carbocycles. The number of benzene rings is 3. The van der Waals surface area contributed by atoms with E-state index in [0.717, 1.165) is 22.2 Å². The van der Waals surface area contributed by atoms with Crippen molar-refractivity contribution >= 4 is 51.2 Å². The van der Waals surface area contributed by atoms with E-state index < -0.39 is 22.5 Å². The Morgan fingerprint density at radius 2 is 1.66 bits per heavy atom. The summed E-state index contributed by atoms with van der Waals surface area (Å²) in [5.41, 5.74) is 0.855. The summed E-state index contributed by atoms with van der Waals surface area (Å²) < 4.78 is 15.4. The summed E-state index contributed by atoms with van der Waals surface area (Å²) in [5.74, 6) is -1.93. The molecule has 1 N–H and O–H groups in total. The largest absolute Gasteiger partial charge is 0.478 e. The minimum absolute atomic E-state index is 0.0319. The molecule has 0 aromatic heterocycles. The number of Topliss-reactive ketones (excluding diaryl/α,β-unsaturated/α-hetero) is 1. The third-order valence-corrected chi connectivity index (χ3v) is 6.03. The highest BCUT2D eigenvalue weighted by Crippen LogP contribution is 2.29. The summed E-state index contributed by atoms with van der Waals surface area (Å²) in [4.78, 5) is 34.5. The molecule has 32 heavy (non-hydrogen) atoms. The molecule has 3 aromatic rings. The Morgan fingerprint density at radius 3 is 2.22 bits per heavy atom. The Kier molecular flexibility index (Phi) is 7.55. The van der Waals surface area contributed by atoms with Gasteiger partial charge in [0.1, 0.15) is 5.82 Å². The van der Waals surface area contributed by atoms with Gasteiger partial charge in [0.2, 0.25) is 0 Å². The molecule has 0 aliphatic carbocycles. The van der Waals surface area contributed by atoms with Crippen LogP contribution >= 0.6 is 27.7 Å². The fourth-order valence-corrected chi connectivity index (χ4v) is 3.95. The van der Waals surface area contributed by atoms with Gasteiger partial charge in [-0.25, -0.2) is 9.18 Å². The Morgan fingerprint density at radius 1 is 1.03 bits per heavy atom. The molecule has 0 amide bonds. The monoisotopic (exact) mass is 515 g/mol. The number of nitro groups is 1. The highest BCUT2D eigenvalue weighted by molar-refractivity contribution is 9.10. The van der Waals surface area contributed by atoms with Gasteiger partial charge in [-0.2, -0.15) is 0 Å². The molecule has 162 valence electrons. The Bertz CT molecular complexity index is 1210. The lowest BCUT2D eigenvalue weighted by molar-refractivity contribution is -0.385. The number of carbonyl (C=O) groups is 2. The van der Waals surface area contributed by atoms with Crippen molar-refractivity contribution in [3.8, 4) is 0 Å². The fourth-order valence-electron chi connectivity index (χ4n) is 2.71. The maximum atomic E-state index is 14.4. The van der Waals surface area contributed by atoms with E-state index >= 15 is 0 Å². The number of carboxylic acid groups (broad SMARTS) is 1. The van der Waals surface area contributed by atoms with Crippen LogP contribution < -0.4 is 0 Å². The second-order valence-corrected chi connectivity index (χ2v) is 8.53. The summed E-state index contributed by atoms with van der Waals surface area (Å²) in [7, 11) is 0. The van der Waals surface area contributed by atoms with E-state index in [1.54, 1.807) is 0 Å². The first-order valence-corrected chi connectivity index (χ1v) is 10.9. The Balaban J connectivity index is 1.95. The quantitative estimate of drug-likeness (QED) is 0.162. The minimum Gasteiger partial charge on any atom is -0.478 e. The summed E-state index contributed by atoms with van der Waals surface area (Å²) in [6.07, 6.45) is 1.34. The maximum absolute atomic E-state index is 14.4. The van der Waals surface area contributed by atoms with Gasteiger partial charge in [-0.15, -0.1) is 11.8 Å². The fraction of sp³-hybridized carbons (Fsp3) is 0.0435. The van der Waals surface area contributed by atoms with Crippen LogP contribution in [0.1, 0.15) is 31.8 Å². The van der Waals surface area contributed by atoms with Crippen molar-refractivity contribution in [2.75, 3.05) is 0 Å². The van der Waals surface area contributed by atoms with Crippen LogP contribution in [-0.4, -0.2) is 21.8 Å². The van der Waals surface area contributed by atoms with Gasteiger partial charge in [0.15, 0.2) is 5.78 Å². The van der Waals surface area contributed by atoms with Crippen molar-refractivity contribution in [2.45, 2.75) is 5.75 Å². The number of halogens is 2. The van der Waals surface area contributed by atoms with Gasteiger partial charge in [-0.05, 0) is 42.0 Å². The van der Waals surface area contributed by atoms with E-state index in [-0.39, 0.29) is 27.3 Å². The number of thioether (sulfide) groups is 1. The summed E-state index contributed by atoms with van der Waals surface area (Å²) in [6.45, 7) is 0. The Labute approximate surface area is 195 Å². The second-order valence-electron chi connectivity index (χ2n) is 6.60. The number of allylic oxidation sites excluding steroid dienone is 1. The van der Waals surface area contributed by atoms with Crippen LogP contribution in [0.3, 0.4) is 0 Å². The molecule has 0 heterocycles. The molecule has 0 bridgehead atoms. The SMILES string of the molecule is O=C(O)c1ccc(C(=O)/C(=C\c2ccc([N+](=O)[O-])cc2F)SCc2ccc(Br)cc2)cc1. The number of nitro benzene ring substituents is 1. The van der Waals surface area contributed by atoms with Gasteiger partial charge < -0.3 is 5.11 Å². The Hall–Kier alpha value is -3.30. The average Bonchev–Trinajstić information content (AvgIpc) is 2.78. The van der Waals surface area contributed by atoms with Gasteiger partial charge in [-0.1, -0.05) is 40.2 Å². The van der Waals surface area contributed by atoms with E-state index in [9.17, 15) is 24.1 Å². The van der Waals surface area contributed by atoms with Crippen LogP contribution in [0, 0.1) is 15.9 Å². The van der Waals surface area contributed by atoms with E-state index in [1.165, 1.54) is 48.2 Å². The average molecular weight is 516 g/mol. The number of hydrogen-bond acceptors (Lipinski definition) is 5. The van der Waals surface area contributed by atoms with Crippen LogP contribution in [0.15, 0.2) is 76.1 Å². The first-order valence-electron chi connectivity index (χ1n) is 9.15. The van der Waals surface area contributed by atoms with E-state index in [1.807, 2.05) is 24.3 Å². The molecular formula is C23H15BrFNO5S. The normalized spacial score (nSPS) is 11.2. The van der Waals surface area contributed by atoms with Crippen LogP contribution in [0.2, 0.25) is 0 Å². The van der Waals surface area contributed by atoms with Crippen LogP contribution in [0.5, 0.6) is 0 Å². The van der Waals surface area contributed by atoms with Crippen molar-refractivity contribution in [1.29, 1.82) is 0 Å². The predicted octanol–water partition coefficient (Wildman–Crippen LogP) is 6.35. The van der Waals surface area contributed by atoms with Gasteiger partial charge in [-0.3, -0.25) is 14.9 Å². The molecular weight excluding hydrogens is 501 g/mol. The van der Waals surface area contributed by atoms with Crippen molar-refractivity contribution in [1.82, 2.24) is 0 Å². The smallest absolute Gasteiger partial charge is 0.335 e. The lowest BCUT2D eigenvalue weighted by atomic mass is 10.1. The number of rotatable bonds is 8. The molecule has 6 nitrogen and oxygen atoms in total. The van der Waals surface area contributed by atoms with Gasteiger partial charge in [0, 0.05) is 27.4 Å². The molecule has 0 spiro atoms. The van der Waals surface area contributed by atoms with E-state index in [4.69, 9.17) is 5.11 Å².